The summed E-state index contributed by atoms with van der Waals surface area (Å²) in [5, 5.41) is 1.20. The molecule has 1 nitrogen and oxygen atoms in total. The molecule has 1 heterocycles. The zero-order valence-corrected chi connectivity index (χ0v) is 12.6. The summed E-state index contributed by atoms with van der Waals surface area (Å²) in [7, 11) is 0. The molecule has 0 saturated heterocycles. The molecule has 0 saturated carbocycles. The third-order valence-corrected chi connectivity index (χ3v) is 1.51. The molecule has 0 bridgehead atoms. The molecular weight excluding hydrogens is 389 g/mol. The maximum atomic E-state index is 4.18. The topological polar surface area (TPSA) is 12.9 Å². The van der Waals surface area contributed by atoms with Crippen LogP contribution in [0, 0.1) is 0 Å². The molecular formula is C9H7NRf. The molecule has 0 fully saturated rings. The van der Waals surface area contributed by atoms with E-state index in [1.54, 1.807) is 0 Å². The first-order valence-electron chi connectivity index (χ1n) is 3.26. The second kappa shape index (κ2) is 2.48. The first-order valence-corrected chi connectivity index (χ1v) is 3.26. The number of fused-ring (bicyclic) bond motifs is 1. The van der Waals surface area contributed by atoms with E-state index in [1.165, 1.54) is 5.39 Å². The van der Waals surface area contributed by atoms with E-state index in [9.17, 15) is 0 Å². The zero-order chi connectivity index (χ0) is 6.81. The van der Waals surface area contributed by atoms with Crippen LogP contribution in [0.15, 0.2) is 42.6 Å². The van der Waals surface area contributed by atoms with Crippen molar-refractivity contribution in [3.63, 3.8) is 0 Å². The molecule has 1 aromatic heterocycles. The summed E-state index contributed by atoms with van der Waals surface area (Å²) >= 11 is 0. The Hall–Kier alpha value is -2.37. The number of benzene rings is 1. The fraction of sp³-hybridized carbons (Fsp3) is 0. The van der Waals surface area contributed by atoms with Crippen LogP contribution in [0.25, 0.3) is 10.9 Å². The van der Waals surface area contributed by atoms with E-state index in [-0.39, 0.29) is 0 Å². The van der Waals surface area contributed by atoms with Gasteiger partial charge >= 0.3 is 0 Å². The Morgan fingerprint density at radius 3 is 2.45 bits per heavy atom. The van der Waals surface area contributed by atoms with Gasteiger partial charge in [0.05, 0.1) is 5.52 Å². The molecule has 1 aromatic carbocycles. The molecule has 2 rings (SSSR count). The summed E-state index contributed by atoms with van der Waals surface area (Å²) in [5.41, 5.74) is 1.06. The molecule has 0 amide bonds. The predicted octanol–water partition coefficient (Wildman–Crippen LogP) is 2.23. The zero-order valence-electron chi connectivity index (χ0n) is 6.20. The van der Waals surface area contributed by atoms with Gasteiger partial charge < -0.3 is 0 Å². The van der Waals surface area contributed by atoms with Gasteiger partial charge in [0.15, 0.2) is 0 Å². The predicted molar refractivity (Wildman–Crippen MR) is 41.7 cm³/mol. The third kappa shape index (κ3) is 0.990. The van der Waals surface area contributed by atoms with Crippen molar-refractivity contribution in [1.82, 2.24) is 4.98 Å². The van der Waals surface area contributed by atoms with Crippen molar-refractivity contribution in [2.24, 2.45) is 0 Å². The Morgan fingerprint density at radius 1 is 0.909 bits per heavy atom. The number of aromatic nitrogens is 1. The van der Waals surface area contributed by atoms with Crippen LogP contribution in [0.1, 0.15) is 0 Å². The van der Waals surface area contributed by atoms with Crippen molar-refractivity contribution in [3.05, 3.63) is 42.6 Å². The Bertz CT molecular complexity index is 281. The van der Waals surface area contributed by atoms with Gasteiger partial charge in [0, 0.05) is 11.6 Å². The van der Waals surface area contributed by atoms with Gasteiger partial charge in [-0.1, -0.05) is 24.3 Å². The average Bonchev–Trinajstić information content (AvgIpc) is 2.05. The van der Waals surface area contributed by atoms with Crippen LogP contribution in [0.3, 0.4) is 0 Å². The van der Waals surface area contributed by atoms with Gasteiger partial charge in [-0.3, -0.25) is 4.98 Å². The Kier molecular flexibility index (Phi) is 1.52. The molecule has 0 aliphatic carbocycles. The van der Waals surface area contributed by atoms with Crippen molar-refractivity contribution >= 4 is 10.9 Å². The van der Waals surface area contributed by atoms with Crippen molar-refractivity contribution in [1.29, 1.82) is 0 Å². The number of hydrogen-bond donors (Lipinski definition) is 0. The van der Waals surface area contributed by atoms with E-state index >= 15 is 0 Å². The van der Waals surface area contributed by atoms with Gasteiger partial charge in [-0.05, 0) is 12.1 Å². The van der Waals surface area contributed by atoms with Crippen molar-refractivity contribution in [2.75, 3.05) is 0 Å². The normalized spacial score (nSPS) is 9.09. The molecule has 0 aliphatic heterocycles. The van der Waals surface area contributed by atoms with Gasteiger partial charge in [-0.15, -0.1) is 0 Å². The van der Waals surface area contributed by atoms with Crippen LogP contribution in [0.2, 0.25) is 0 Å². The summed E-state index contributed by atoms with van der Waals surface area (Å²) in [6.45, 7) is 0. The molecule has 0 radical (unpaired) electrons. The quantitative estimate of drug-likeness (QED) is 0.666. The van der Waals surface area contributed by atoms with Gasteiger partial charge in [-0.25, -0.2) is 0 Å². The molecule has 0 unspecified atom stereocenters. The van der Waals surface area contributed by atoms with Crippen molar-refractivity contribution in [3.8, 4) is 0 Å². The maximum Gasteiger partial charge on any atom is 0.0701 e. The van der Waals surface area contributed by atoms with Crippen LogP contribution >= 0.6 is 0 Å². The number of nitrogens with zero attached hydrogens (tertiary/aromatic N) is 1. The third-order valence-electron chi connectivity index (χ3n) is 1.51. The number of pyridine rings is 1. The molecule has 50 valence electrons. The average molecular weight is 396 g/mol. The fourth-order valence-electron chi connectivity index (χ4n) is 1.02. The monoisotopic (exact) mass is 396 g/mol. The molecule has 0 N–H and O–H groups in total. The van der Waals surface area contributed by atoms with E-state index < -0.39 is 0 Å². The van der Waals surface area contributed by atoms with E-state index in [1.807, 2.05) is 30.5 Å². The minimum atomic E-state index is 0. The molecule has 0 spiro atoms. The first kappa shape index (κ1) is 6.75. The van der Waals surface area contributed by atoms with Gasteiger partial charge in [0.25, 0.3) is 0 Å². The SMILES string of the molecule is [Rf].c1ccc2ncccc2c1. The summed E-state index contributed by atoms with van der Waals surface area (Å²) in [5.74, 6) is 0. The summed E-state index contributed by atoms with van der Waals surface area (Å²) < 4.78 is 0. The van der Waals surface area contributed by atoms with E-state index in [0.717, 1.165) is 5.52 Å². The second-order valence-electron chi connectivity index (χ2n) is 2.20. The molecule has 2 aromatic rings. The molecule has 11 heavy (non-hydrogen) atoms. The van der Waals surface area contributed by atoms with Gasteiger partial charge in [-0.2, -0.15) is 0 Å². The standard InChI is InChI=1S/C9H7N.Rf/c1-2-6-9-8(4-1)5-3-7-10-9;/h1-7H;. The van der Waals surface area contributed by atoms with Gasteiger partial charge in [0.1, 0.15) is 0 Å². The summed E-state index contributed by atoms with van der Waals surface area (Å²) in [4.78, 5) is 4.18. The van der Waals surface area contributed by atoms with E-state index in [2.05, 4.69) is 17.1 Å². The first-order chi connectivity index (χ1) is 4.97. The number of rotatable bonds is 0. The molecule has 0 aliphatic rings. The molecule has 2 heteroatoms. The second-order valence-corrected chi connectivity index (χ2v) is 2.20. The van der Waals surface area contributed by atoms with Crippen LogP contribution < -0.4 is 0 Å². The minimum Gasteiger partial charge on any atom is -0.256 e. The van der Waals surface area contributed by atoms with Crippen LogP contribution in [0.5, 0.6) is 0 Å². The van der Waals surface area contributed by atoms with Crippen LogP contribution in [-0.4, -0.2) is 4.98 Å². The summed E-state index contributed by atoms with van der Waals surface area (Å²) in [6, 6.07) is 12.1. The Balaban J connectivity index is 0.000000605. The fourth-order valence-corrected chi connectivity index (χ4v) is 1.02. The number of para-hydroxylation sites is 1. The van der Waals surface area contributed by atoms with E-state index in [4.69, 9.17) is 0 Å². The Labute approximate surface area is 59.3 Å². The molecule has 0 atom stereocenters. The summed E-state index contributed by atoms with van der Waals surface area (Å²) in [6.07, 6.45) is 1.81. The maximum absolute atomic E-state index is 4.18. The van der Waals surface area contributed by atoms with E-state index in [0.29, 0.717) is 0 Å². The van der Waals surface area contributed by atoms with Gasteiger partial charge in [0.2, 0.25) is 0 Å². The van der Waals surface area contributed by atoms with Crippen LogP contribution in [0.4, 0.5) is 0 Å². The minimum absolute atomic E-state index is 0. The smallest absolute Gasteiger partial charge is 0.0701 e. The van der Waals surface area contributed by atoms with Crippen molar-refractivity contribution < 1.29 is 0 Å². The van der Waals surface area contributed by atoms with Crippen molar-refractivity contribution in [2.45, 2.75) is 0 Å². The van der Waals surface area contributed by atoms with Crippen LogP contribution in [-0.2, 0) is 0 Å². The number of hydrogen-bond acceptors (Lipinski definition) is 1. The Morgan fingerprint density at radius 2 is 1.64 bits per heavy atom. The largest absolute Gasteiger partial charge is 0.256 e.